The van der Waals surface area contributed by atoms with Crippen LogP contribution in [-0.4, -0.2) is 45.9 Å². The second kappa shape index (κ2) is 6.12. The van der Waals surface area contributed by atoms with Gasteiger partial charge in [0.25, 0.3) is 0 Å². The van der Waals surface area contributed by atoms with Gasteiger partial charge in [0.2, 0.25) is 17.7 Å². The maximum Gasteiger partial charge on any atom is 0.250 e. The van der Waals surface area contributed by atoms with Gasteiger partial charge in [-0.3, -0.25) is 24.6 Å². The van der Waals surface area contributed by atoms with E-state index in [0.717, 1.165) is 4.47 Å². The number of anilines is 1. The Morgan fingerprint density at radius 2 is 1.96 bits per heavy atom. The number of rotatable bonds is 3. The quantitative estimate of drug-likeness (QED) is 0.622. The number of nitrogens with one attached hydrogen (secondary N) is 2. The molecule has 7 nitrogen and oxygen atoms in total. The van der Waals surface area contributed by atoms with Crippen LogP contribution in [0.25, 0.3) is 0 Å². The van der Waals surface area contributed by atoms with Crippen molar-refractivity contribution in [3.8, 4) is 0 Å². The van der Waals surface area contributed by atoms with E-state index in [0.29, 0.717) is 17.7 Å². The lowest BCUT2D eigenvalue weighted by molar-refractivity contribution is -0.145. The average molecular weight is 436 g/mol. The second-order valence-corrected chi connectivity index (χ2v) is 8.59. The van der Waals surface area contributed by atoms with E-state index < -0.39 is 29.5 Å². The molecule has 144 valence electrons. The number of carbonyl (C=O) groups excluding carboxylic acids is 3. The van der Waals surface area contributed by atoms with Crippen molar-refractivity contribution in [2.45, 2.75) is 50.9 Å². The van der Waals surface area contributed by atoms with Gasteiger partial charge >= 0.3 is 0 Å². The van der Waals surface area contributed by atoms with Crippen molar-refractivity contribution in [1.82, 2.24) is 10.2 Å². The monoisotopic (exact) mass is 435 g/mol. The Kier molecular flexibility index (Phi) is 4.21. The smallest absolute Gasteiger partial charge is 0.250 e. The number of likely N-dealkylation sites (tertiary alicyclic amines) is 1. The molecule has 0 saturated carbocycles. The van der Waals surface area contributed by atoms with Crippen LogP contribution in [0, 0.1) is 11.8 Å². The molecule has 0 bridgehead atoms. The molecule has 1 aromatic rings. The summed E-state index contributed by atoms with van der Waals surface area (Å²) in [5.41, 5.74) is -0.115. The minimum atomic E-state index is -1.36. The van der Waals surface area contributed by atoms with Crippen LogP contribution in [0.1, 0.15) is 32.8 Å². The zero-order valence-electron chi connectivity index (χ0n) is 15.3. The highest BCUT2D eigenvalue weighted by molar-refractivity contribution is 9.10. The third-order valence-corrected chi connectivity index (χ3v) is 6.69. The van der Waals surface area contributed by atoms with E-state index in [-0.39, 0.29) is 23.8 Å². The highest BCUT2D eigenvalue weighted by Crippen LogP contribution is 2.54. The van der Waals surface area contributed by atoms with Crippen LogP contribution in [0.5, 0.6) is 0 Å². The molecule has 4 rings (SSSR count). The maximum atomic E-state index is 13.4. The Morgan fingerprint density at radius 1 is 1.26 bits per heavy atom. The molecule has 0 radical (unpaired) electrons. The summed E-state index contributed by atoms with van der Waals surface area (Å²) in [6.45, 7) is 5.31. The SMILES string of the molecule is CC[C@H](C)N1C(=O)[C@@H]2[C@@H]([C@H](C)O)N[C@@]3(C(=O)Nc4ccc(Br)cc43)[C@@H]2C1=O. The van der Waals surface area contributed by atoms with E-state index in [1.54, 1.807) is 19.1 Å². The summed E-state index contributed by atoms with van der Waals surface area (Å²) in [7, 11) is 0. The lowest BCUT2D eigenvalue weighted by atomic mass is 9.76. The van der Waals surface area contributed by atoms with Gasteiger partial charge in [0, 0.05) is 27.8 Å². The highest BCUT2D eigenvalue weighted by Gasteiger charge is 2.71. The number of hydrogen-bond donors (Lipinski definition) is 3. The van der Waals surface area contributed by atoms with Gasteiger partial charge in [-0.15, -0.1) is 0 Å². The molecular weight excluding hydrogens is 414 g/mol. The average Bonchev–Trinajstić information content (AvgIpc) is 3.20. The highest BCUT2D eigenvalue weighted by atomic mass is 79.9. The van der Waals surface area contributed by atoms with Gasteiger partial charge in [-0.25, -0.2) is 0 Å². The van der Waals surface area contributed by atoms with Crippen molar-refractivity contribution in [1.29, 1.82) is 0 Å². The number of fused-ring (bicyclic) bond motifs is 4. The van der Waals surface area contributed by atoms with Gasteiger partial charge in [0.15, 0.2) is 0 Å². The maximum absolute atomic E-state index is 13.4. The molecule has 3 aliphatic rings. The summed E-state index contributed by atoms with van der Waals surface area (Å²) < 4.78 is 0.770. The summed E-state index contributed by atoms with van der Waals surface area (Å²) in [6.07, 6.45) is -0.264. The van der Waals surface area contributed by atoms with Crippen LogP contribution in [0.3, 0.4) is 0 Å². The second-order valence-electron chi connectivity index (χ2n) is 7.67. The summed E-state index contributed by atoms with van der Waals surface area (Å²) in [6, 6.07) is 4.44. The van der Waals surface area contributed by atoms with E-state index in [4.69, 9.17) is 0 Å². The summed E-state index contributed by atoms with van der Waals surface area (Å²) in [5, 5.41) is 16.4. The molecule has 3 aliphatic heterocycles. The fraction of sp³-hybridized carbons (Fsp3) is 0.526. The summed E-state index contributed by atoms with van der Waals surface area (Å²) >= 11 is 3.43. The standard InChI is InChI=1S/C19H22BrN3O4/c1-4-8(2)23-16(25)13-14(17(23)26)19(22-15(13)9(3)24)11-7-10(20)5-6-12(11)21-18(19)27/h5-9,13-15,22,24H,4H2,1-3H3,(H,21,27)/t8-,9-,13-,14-,15+,19+/m0/s1. The van der Waals surface area contributed by atoms with Crippen LogP contribution >= 0.6 is 15.9 Å². The number of aliphatic hydroxyl groups is 1. The van der Waals surface area contributed by atoms with E-state index in [1.165, 1.54) is 4.90 Å². The number of nitrogens with zero attached hydrogens (tertiary/aromatic N) is 1. The molecule has 8 heteroatoms. The van der Waals surface area contributed by atoms with Crippen LogP contribution in [0.4, 0.5) is 5.69 Å². The molecule has 1 aromatic carbocycles. The first kappa shape index (κ1) is 18.6. The number of amides is 3. The largest absolute Gasteiger partial charge is 0.392 e. The van der Waals surface area contributed by atoms with E-state index in [1.807, 2.05) is 19.9 Å². The Labute approximate surface area is 165 Å². The molecular formula is C19H22BrN3O4. The zero-order chi connectivity index (χ0) is 19.7. The van der Waals surface area contributed by atoms with Gasteiger partial charge in [0.1, 0.15) is 5.54 Å². The third kappa shape index (κ3) is 2.30. The molecule has 3 heterocycles. The normalized spacial score (nSPS) is 34.0. The van der Waals surface area contributed by atoms with E-state index >= 15 is 0 Å². The molecule has 0 aliphatic carbocycles. The van der Waals surface area contributed by atoms with Gasteiger partial charge in [0.05, 0.1) is 17.9 Å². The predicted octanol–water partition coefficient (Wildman–Crippen LogP) is 1.35. The Hall–Kier alpha value is -1.77. The number of carbonyl (C=O) groups is 3. The van der Waals surface area contributed by atoms with Gasteiger partial charge in [-0.05, 0) is 38.5 Å². The fourth-order valence-corrected chi connectivity index (χ4v) is 5.12. The van der Waals surface area contributed by atoms with Crippen LogP contribution in [-0.2, 0) is 19.9 Å². The molecule has 3 amide bonds. The predicted molar refractivity (Wildman–Crippen MR) is 102 cm³/mol. The van der Waals surface area contributed by atoms with Gasteiger partial charge < -0.3 is 10.4 Å². The van der Waals surface area contributed by atoms with Crippen LogP contribution in [0.15, 0.2) is 22.7 Å². The molecule has 1 spiro atoms. The van der Waals surface area contributed by atoms with Gasteiger partial charge in [-0.2, -0.15) is 0 Å². The van der Waals surface area contributed by atoms with E-state index in [2.05, 4.69) is 26.6 Å². The Bertz CT molecular complexity index is 857. The molecule has 6 atom stereocenters. The number of aliphatic hydroxyl groups excluding tert-OH is 1. The number of benzene rings is 1. The van der Waals surface area contributed by atoms with Crippen LogP contribution < -0.4 is 10.6 Å². The van der Waals surface area contributed by atoms with Crippen molar-refractivity contribution >= 4 is 39.3 Å². The molecule has 27 heavy (non-hydrogen) atoms. The minimum absolute atomic E-state index is 0.256. The fourth-order valence-electron chi connectivity index (χ4n) is 4.76. The minimum Gasteiger partial charge on any atom is -0.392 e. The van der Waals surface area contributed by atoms with Crippen molar-refractivity contribution < 1.29 is 19.5 Å². The van der Waals surface area contributed by atoms with Crippen molar-refractivity contribution in [3.05, 3.63) is 28.2 Å². The topological polar surface area (TPSA) is 98.7 Å². The first-order valence-electron chi connectivity index (χ1n) is 9.18. The number of imide groups is 1. The Balaban J connectivity index is 1.92. The third-order valence-electron chi connectivity index (χ3n) is 6.20. The lowest BCUT2D eigenvalue weighted by Crippen LogP contribution is -2.55. The first-order valence-corrected chi connectivity index (χ1v) is 9.97. The van der Waals surface area contributed by atoms with E-state index in [9.17, 15) is 19.5 Å². The molecule has 0 unspecified atom stereocenters. The zero-order valence-corrected chi connectivity index (χ0v) is 16.9. The molecule has 2 saturated heterocycles. The molecule has 3 N–H and O–H groups in total. The number of halogens is 1. The summed E-state index contributed by atoms with van der Waals surface area (Å²) in [4.78, 5) is 40.9. The lowest BCUT2D eigenvalue weighted by Gasteiger charge is -2.31. The van der Waals surface area contributed by atoms with Gasteiger partial charge in [-0.1, -0.05) is 22.9 Å². The van der Waals surface area contributed by atoms with Crippen LogP contribution in [0.2, 0.25) is 0 Å². The van der Waals surface area contributed by atoms with Crippen molar-refractivity contribution in [3.63, 3.8) is 0 Å². The van der Waals surface area contributed by atoms with Crippen molar-refractivity contribution in [2.75, 3.05) is 5.32 Å². The number of hydrogen-bond acceptors (Lipinski definition) is 5. The molecule has 2 fully saturated rings. The van der Waals surface area contributed by atoms with Crippen molar-refractivity contribution in [2.24, 2.45) is 11.8 Å². The summed E-state index contributed by atoms with van der Waals surface area (Å²) in [5.74, 6) is -2.68. The molecule has 0 aromatic heterocycles. The Morgan fingerprint density at radius 3 is 2.59 bits per heavy atom. The first-order chi connectivity index (χ1) is 12.7.